The number of aryl methyl sites for hydroxylation is 2. The first-order valence-electron chi connectivity index (χ1n) is 9.61. The number of ether oxygens (including phenoxy) is 1. The fourth-order valence-corrected chi connectivity index (χ4v) is 3.29. The highest BCUT2D eigenvalue weighted by molar-refractivity contribution is 5.80. The molecule has 1 aliphatic heterocycles. The highest BCUT2D eigenvalue weighted by Crippen LogP contribution is 2.17. The molecule has 1 unspecified atom stereocenters. The van der Waals surface area contributed by atoms with Gasteiger partial charge in [-0.25, -0.2) is 0 Å². The third kappa shape index (κ3) is 6.06. The lowest BCUT2D eigenvalue weighted by Gasteiger charge is -2.21. The van der Waals surface area contributed by atoms with Crippen LogP contribution in [0.3, 0.4) is 0 Å². The van der Waals surface area contributed by atoms with Gasteiger partial charge in [-0.05, 0) is 25.3 Å². The molecule has 0 amide bonds. The van der Waals surface area contributed by atoms with E-state index >= 15 is 0 Å². The molecule has 2 heterocycles. The van der Waals surface area contributed by atoms with Crippen LogP contribution >= 0.6 is 0 Å². The van der Waals surface area contributed by atoms with Crippen molar-refractivity contribution in [3.8, 4) is 0 Å². The van der Waals surface area contributed by atoms with Crippen molar-refractivity contribution in [3.05, 3.63) is 47.6 Å². The molecule has 2 aromatic rings. The van der Waals surface area contributed by atoms with Gasteiger partial charge in [0.15, 0.2) is 11.8 Å². The van der Waals surface area contributed by atoms with Crippen LogP contribution in [-0.2, 0) is 17.8 Å². The van der Waals surface area contributed by atoms with E-state index in [-0.39, 0.29) is 0 Å². The van der Waals surface area contributed by atoms with Crippen molar-refractivity contribution >= 4 is 5.96 Å². The lowest BCUT2D eigenvalue weighted by molar-refractivity contribution is 0.0907. The Kier molecular flexibility index (Phi) is 7.21. The normalized spacial score (nSPS) is 17.5. The van der Waals surface area contributed by atoms with Gasteiger partial charge in [-0.1, -0.05) is 35.5 Å². The van der Waals surface area contributed by atoms with E-state index in [1.54, 1.807) is 0 Å². The van der Waals surface area contributed by atoms with Gasteiger partial charge in [0.2, 0.25) is 5.89 Å². The Labute approximate surface area is 160 Å². The number of aliphatic imine (C=N–C) groups is 1. The van der Waals surface area contributed by atoms with Crippen LogP contribution < -0.4 is 5.32 Å². The molecule has 3 rings (SSSR count). The quantitative estimate of drug-likeness (QED) is 0.436. The number of nitrogens with one attached hydrogen (secondary N) is 1. The van der Waals surface area contributed by atoms with Crippen molar-refractivity contribution < 1.29 is 9.26 Å². The van der Waals surface area contributed by atoms with Crippen LogP contribution in [0, 0.1) is 12.8 Å². The van der Waals surface area contributed by atoms with Gasteiger partial charge in [0, 0.05) is 39.0 Å². The zero-order valence-electron chi connectivity index (χ0n) is 16.2. The molecule has 146 valence electrons. The van der Waals surface area contributed by atoms with Crippen LogP contribution in [-0.4, -0.2) is 54.3 Å². The summed E-state index contributed by atoms with van der Waals surface area (Å²) in [6, 6.07) is 10.3. The number of nitrogens with zero attached hydrogens (tertiary/aromatic N) is 4. The predicted molar refractivity (Wildman–Crippen MR) is 104 cm³/mol. The van der Waals surface area contributed by atoms with Crippen molar-refractivity contribution in [2.24, 2.45) is 10.9 Å². The van der Waals surface area contributed by atoms with E-state index in [9.17, 15) is 0 Å². The van der Waals surface area contributed by atoms with Gasteiger partial charge in [-0.15, -0.1) is 0 Å². The van der Waals surface area contributed by atoms with Crippen LogP contribution in [0.5, 0.6) is 0 Å². The first-order chi connectivity index (χ1) is 13.2. The van der Waals surface area contributed by atoms with Crippen molar-refractivity contribution in [1.82, 2.24) is 20.4 Å². The Hall–Kier alpha value is -2.41. The summed E-state index contributed by atoms with van der Waals surface area (Å²) < 4.78 is 11.0. The fourth-order valence-electron chi connectivity index (χ4n) is 3.29. The summed E-state index contributed by atoms with van der Waals surface area (Å²) in [5.74, 6) is 2.89. The Morgan fingerprint density at radius 2 is 2.22 bits per heavy atom. The molecule has 1 aromatic carbocycles. The average molecular weight is 371 g/mol. The van der Waals surface area contributed by atoms with E-state index < -0.39 is 0 Å². The predicted octanol–water partition coefficient (Wildman–Crippen LogP) is 2.42. The van der Waals surface area contributed by atoms with Gasteiger partial charge in [-0.2, -0.15) is 4.98 Å². The van der Waals surface area contributed by atoms with Crippen molar-refractivity contribution in [1.29, 1.82) is 0 Å². The second kappa shape index (κ2) is 10.1. The SMILES string of the molecule is CN=C(NCCCc1nc(C)no1)N1CCC(COCc2ccccc2)C1. The molecule has 27 heavy (non-hydrogen) atoms. The zero-order chi connectivity index (χ0) is 18.9. The number of aromatic nitrogens is 2. The van der Waals surface area contributed by atoms with Gasteiger partial charge in [0.05, 0.1) is 13.2 Å². The molecule has 7 nitrogen and oxygen atoms in total. The van der Waals surface area contributed by atoms with Crippen molar-refractivity contribution in [2.45, 2.75) is 32.8 Å². The van der Waals surface area contributed by atoms with Gasteiger partial charge in [0.25, 0.3) is 0 Å². The maximum atomic E-state index is 5.90. The largest absolute Gasteiger partial charge is 0.376 e. The van der Waals surface area contributed by atoms with Crippen LogP contribution in [0.1, 0.15) is 30.1 Å². The summed E-state index contributed by atoms with van der Waals surface area (Å²) in [5.41, 5.74) is 1.22. The minimum atomic E-state index is 0.550. The minimum Gasteiger partial charge on any atom is -0.376 e. The molecule has 1 aliphatic rings. The smallest absolute Gasteiger partial charge is 0.226 e. The molecule has 1 aromatic heterocycles. The first kappa shape index (κ1) is 19.4. The van der Waals surface area contributed by atoms with E-state index in [4.69, 9.17) is 9.26 Å². The summed E-state index contributed by atoms with van der Waals surface area (Å²) in [6.45, 7) is 6.14. The summed E-state index contributed by atoms with van der Waals surface area (Å²) in [5, 5.41) is 7.25. The van der Waals surface area contributed by atoms with Gasteiger partial charge in [0.1, 0.15) is 0 Å². The van der Waals surface area contributed by atoms with Crippen LogP contribution in [0.2, 0.25) is 0 Å². The van der Waals surface area contributed by atoms with E-state index in [0.717, 1.165) is 51.5 Å². The number of rotatable bonds is 8. The van der Waals surface area contributed by atoms with Gasteiger partial charge < -0.3 is 19.5 Å². The average Bonchev–Trinajstić information content (AvgIpc) is 3.32. The topological polar surface area (TPSA) is 75.8 Å². The Morgan fingerprint density at radius 3 is 2.96 bits per heavy atom. The second-order valence-electron chi connectivity index (χ2n) is 6.91. The molecule has 0 bridgehead atoms. The standard InChI is InChI=1S/C20H29N5O2/c1-16-23-19(27-24-16)9-6-11-22-20(21-2)25-12-10-18(13-25)15-26-14-17-7-4-3-5-8-17/h3-5,7-8,18H,6,9-15H2,1-2H3,(H,21,22). The van der Waals surface area contributed by atoms with E-state index in [0.29, 0.717) is 24.2 Å². The van der Waals surface area contributed by atoms with Crippen LogP contribution in [0.15, 0.2) is 39.8 Å². The lowest BCUT2D eigenvalue weighted by Crippen LogP contribution is -2.40. The number of benzene rings is 1. The monoisotopic (exact) mass is 371 g/mol. The number of guanidine groups is 1. The Balaban J connectivity index is 1.33. The third-order valence-corrected chi connectivity index (χ3v) is 4.68. The molecular formula is C20H29N5O2. The summed E-state index contributed by atoms with van der Waals surface area (Å²) in [6.07, 6.45) is 2.84. The molecule has 0 saturated carbocycles. The second-order valence-corrected chi connectivity index (χ2v) is 6.91. The molecular weight excluding hydrogens is 342 g/mol. The molecule has 7 heteroatoms. The molecule has 0 spiro atoms. The van der Waals surface area contributed by atoms with E-state index in [1.807, 2.05) is 32.2 Å². The summed E-state index contributed by atoms with van der Waals surface area (Å²) in [7, 11) is 1.84. The van der Waals surface area contributed by atoms with Gasteiger partial charge in [-0.3, -0.25) is 4.99 Å². The Morgan fingerprint density at radius 1 is 1.37 bits per heavy atom. The van der Waals surface area contributed by atoms with Crippen LogP contribution in [0.25, 0.3) is 0 Å². The highest BCUT2D eigenvalue weighted by atomic mass is 16.5. The number of hydrogen-bond acceptors (Lipinski definition) is 5. The molecule has 1 fully saturated rings. The number of likely N-dealkylation sites (tertiary alicyclic amines) is 1. The lowest BCUT2D eigenvalue weighted by atomic mass is 10.1. The van der Waals surface area contributed by atoms with E-state index in [1.165, 1.54) is 5.56 Å². The zero-order valence-corrected chi connectivity index (χ0v) is 16.2. The maximum Gasteiger partial charge on any atom is 0.226 e. The molecule has 0 aliphatic carbocycles. The van der Waals surface area contributed by atoms with Gasteiger partial charge >= 0.3 is 0 Å². The third-order valence-electron chi connectivity index (χ3n) is 4.68. The molecule has 1 saturated heterocycles. The maximum absolute atomic E-state index is 5.90. The van der Waals surface area contributed by atoms with Crippen LogP contribution in [0.4, 0.5) is 0 Å². The highest BCUT2D eigenvalue weighted by Gasteiger charge is 2.24. The Bertz CT molecular complexity index is 716. The summed E-state index contributed by atoms with van der Waals surface area (Å²) in [4.78, 5) is 11.0. The summed E-state index contributed by atoms with van der Waals surface area (Å²) >= 11 is 0. The van der Waals surface area contributed by atoms with Crippen molar-refractivity contribution in [2.75, 3.05) is 33.3 Å². The van der Waals surface area contributed by atoms with E-state index in [2.05, 4.69) is 37.5 Å². The molecule has 1 N–H and O–H groups in total. The first-order valence-corrected chi connectivity index (χ1v) is 9.61. The number of hydrogen-bond donors (Lipinski definition) is 1. The van der Waals surface area contributed by atoms with Crippen molar-refractivity contribution in [3.63, 3.8) is 0 Å². The minimum absolute atomic E-state index is 0.550. The fraction of sp³-hybridized carbons (Fsp3) is 0.550. The molecule has 1 atom stereocenters. The molecule has 0 radical (unpaired) electrons.